The first-order valence-electron chi connectivity index (χ1n) is 8.20. The number of aryl methyl sites for hydroxylation is 1. The summed E-state index contributed by atoms with van der Waals surface area (Å²) in [6, 6.07) is 8.69. The number of esters is 1. The smallest absolute Gasteiger partial charge is 0.417 e. The fourth-order valence-corrected chi connectivity index (χ4v) is 3.56. The van der Waals surface area contributed by atoms with Gasteiger partial charge in [-0.3, -0.25) is 0 Å². The van der Waals surface area contributed by atoms with Crippen molar-refractivity contribution in [1.29, 1.82) is 0 Å². The summed E-state index contributed by atoms with van der Waals surface area (Å²) in [6.07, 6.45) is -4.57. The normalized spacial score (nSPS) is 11.3. The Bertz CT molecular complexity index is 1030. The summed E-state index contributed by atoms with van der Waals surface area (Å²) in [5, 5.41) is 8.86. The van der Waals surface area contributed by atoms with Crippen LogP contribution in [0.1, 0.15) is 21.5 Å². The molecule has 3 aromatic rings. The number of methoxy groups -OCH3 is 1. The van der Waals surface area contributed by atoms with Crippen molar-refractivity contribution in [3.63, 3.8) is 0 Å². The van der Waals surface area contributed by atoms with Crippen LogP contribution in [-0.2, 0) is 10.9 Å². The van der Waals surface area contributed by atoms with Crippen molar-refractivity contribution in [1.82, 2.24) is 15.2 Å². The Kier molecular flexibility index (Phi) is 5.69. The molecule has 0 aliphatic rings. The van der Waals surface area contributed by atoms with Gasteiger partial charge in [0.1, 0.15) is 0 Å². The lowest BCUT2D eigenvalue weighted by atomic mass is 10.1. The van der Waals surface area contributed by atoms with Crippen LogP contribution in [-0.4, -0.2) is 28.3 Å². The van der Waals surface area contributed by atoms with Gasteiger partial charge in [-0.15, -0.1) is 5.10 Å². The van der Waals surface area contributed by atoms with Crippen LogP contribution in [0.5, 0.6) is 0 Å². The molecule has 0 aliphatic carbocycles. The number of nitrogen functional groups attached to an aromatic ring is 1. The van der Waals surface area contributed by atoms with E-state index in [1.807, 2.05) is 0 Å². The zero-order chi connectivity index (χ0) is 21.2. The van der Waals surface area contributed by atoms with Crippen molar-refractivity contribution in [2.45, 2.75) is 22.9 Å². The summed E-state index contributed by atoms with van der Waals surface area (Å²) in [6.45, 7) is 1.58. The molecule has 0 amide bonds. The zero-order valence-corrected chi connectivity index (χ0v) is 16.1. The van der Waals surface area contributed by atoms with Gasteiger partial charge in [-0.25, -0.2) is 9.89 Å². The van der Waals surface area contributed by atoms with Crippen LogP contribution in [0.15, 0.2) is 46.2 Å². The van der Waals surface area contributed by atoms with Crippen LogP contribution in [0.3, 0.4) is 0 Å². The molecule has 0 aliphatic heterocycles. The number of hydrogen-bond donors (Lipinski definition) is 3. The van der Waals surface area contributed by atoms with Gasteiger partial charge >= 0.3 is 12.1 Å². The maximum absolute atomic E-state index is 13.7. The number of H-pyrrole nitrogens is 1. The van der Waals surface area contributed by atoms with E-state index in [-0.39, 0.29) is 22.5 Å². The molecule has 29 heavy (non-hydrogen) atoms. The molecule has 0 radical (unpaired) electrons. The Hall–Kier alpha value is -3.21. The highest BCUT2D eigenvalue weighted by Gasteiger charge is 2.35. The summed E-state index contributed by atoms with van der Waals surface area (Å²) >= 11 is 0.958. The Morgan fingerprint density at radius 3 is 2.48 bits per heavy atom. The lowest BCUT2D eigenvalue weighted by molar-refractivity contribution is -0.139. The van der Waals surface area contributed by atoms with Crippen LogP contribution in [0.2, 0.25) is 0 Å². The summed E-state index contributed by atoms with van der Waals surface area (Å²) in [5.74, 6) is -0.409. The number of aromatic nitrogens is 3. The van der Waals surface area contributed by atoms with Crippen molar-refractivity contribution >= 4 is 35.3 Å². The minimum atomic E-state index is -4.57. The number of anilines is 3. The second-order valence-corrected chi connectivity index (χ2v) is 7.04. The van der Waals surface area contributed by atoms with Gasteiger partial charge in [0.25, 0.3) is 0 Å². The summed E-state index contributed by atoms with van der Waals surface area (Å²) in [4.78, 5) is 15.9. The third-order valence-corrected chi connectivity index (χ3v) is 5.09. The molecule has 0 fully saturated rings. The molecule has 3 rings (SSSR count). The van der Waals surface area contributed by atoms with E-state index >= 15 is 0 Å². The number of benzene rings is 2. The number of hydrogen-bond acceptors (Lipinski definition) is 7. The van der Waals surface area contributed by atoms with Crippen molar-refractivity contribution in [3.05, 3.63) is 53.1 Å². The van der Waals surface area contributed by atoms with Crippen molar-refractivity contribution in [2.24, 2.45) is 0 Å². The summed E-state index contributed by atoms with van der Waals surface area (Å²) in [7, 11) is 1.26. The zero-order valence-electron chi connectivity index (χ0n) is 15.3. The summed E-state index contributed by atoms with van der Waals surface area (Å²) < 4.78 is 45.7. The lowest BCUT2D eigenvalue weighted by Crippen LogP contribution is -2.09. The third kappa shape index (κ3) is 4.80. The molecule has 1 aromatic heterocycles. The molecule has 2 aromatic carbocycles. The number of nitrogens with zero attached hydrogens (tertiary/aromatic N) is 2. The van der Waals surface area contributed by atoms with E-state index in [4.69, 9.17) is 5.73 Å². The fraction of sp³-hybridized carbons (Fsp3) is 0.167. The van der Waals surface area contributed by atoms with E-state index < -0.39 is 17.7 Å². The number of carbonyl (C=O) groups is 1. The molecular formula is C18H16F3N5O2S. The second kappa shape index (κ2) is 8.03. The number of halogens is 3. The number of nitrogens with two attached hydrogens (primary N) is 1. The lowest BCUT2D eigenvalue weighted by Gasteiger charge is -2.17. The Morgan fingerprint density at radius 1 is 1.24 bits per heavy atom. The molecule has 0 spiro atoms. The molecule has 7 nitrogen and oxygen atoms in total. The monoisotopic (exact) mass is 423 g/mol. The molecule has 4 N–H and O–H groups in total. The van der Waals surface area contributed by atoms with E-state index in [1.54, 1.807) is 25.1 Å². The first-order valence-corrected chi connectivity index (χ1v) is 9.02. The molecule has 152 valence electrons. The van der Waals surface area contributed by atoms with Crippen molar-refractivity contribution in [2.75, 3.05) is 18.2 Å². The number of carbonyl (C=O) groups excluding carboxylic acids is 1. The maximum Gasteiger partial charge on any atom is 0.417 e. The number of rotatable bonds is 5. The molecule has 0 bridgehead atoms. The number of alkyl halides is 3. The molecule has 11 heteroatoms. The Balaban J connectivity index is 1.94. The van der Waals surface area contributed by atoms with E-state index in [0.717, 1.165) is 17.8 Å². The van der Waals surface area contributed by atoms with Gasteiger partial charge in [-0.2, -0.15) is 18.2 Å². The van der Waals surface area contributed by atoms with Gasteiger partial charge in [-0.05, 0) is 48.9 Å². The van der Waals surface area contributed by atoms with Crippen LogP contribution in [0.25, 0.3) is 0 Å². The van der Waals surface area contributed by atoms with E-state index in [9.17, 15) is 18.0 Å². The Morgan fingerprint density at radius 2 is 1.93 bits per heavy atom. The standard InChI is InChI=1S/C18H16F3N5O2S/c1-9-7-11(23-17-24-16(22)25-26-17)8-13(18(19,20)21)14(9)29-12-5-3-10(4-6-12)15(27)28-2/h3-8H,1-2H3,(H4,22,23,24,25,26). The number of ether oxygens (including phenoxy) is 1. The first kappa shape index (κ1) is 20.5. The van der Waals surface area contributed by atoms with Crippen LogP contribution in [0.4, 0.5) is 30.8 Å². The predicted octanol–water partition coefficient (Wildman–Crippen LogP) is 4.40. The average Bonchev–Trinajstić information content (AvgIpc) is 3.07. The highest BCUT2D eigenvalue weighted by molar-refractivity contribution is 7.99. The molecule has 0 unspecified atom stereocenters. The summed E-state index contributed by atoms with van der Waals surface area (Å²) in [5.41, 5.74) is 5.53. The first-order chi connectivity index (χ1) is 13.7. The van der Waals surface area contributed by atoms with E-state index in [2.05, 4.69) is 25.2 Å². The molecule has 1 heterocycles. The number of aromatic amines is 1. The minimum Gasteiger partial charge on any atom is -0.465 e. The molecular weight excluding hydrogens is 407 g/mol. The van der Waals surface area contributed by atoms with Gasteiger partial charge in [-0.1, -0.05) is 11.8 Å². The Labute approximate surface area is 167 Å². The van der Waals surface area contributed by atoms with E-state index in [0.29, 0.717) is 16.0 Å². The van der Waals surface area contributed by atoms with Crippen molar-refractivity contribution in [3.8, 4) is 0 Å². The van der Waals surface area contributed by atoms with E-state index in [1.165, 1.54) is 19.2 Å². The van der Waals surface area contributed by atoms with Crippen molar-refractivity contribution < 1.29 is 22.7 Å². The highest BCUT2D eigenvalue weighted by atomic mass is 32.2. The van der Waals surface area contributed by atoms with Gasteiger partial charge in [0.05, 0.1) is 18.2 Å². The molecule has 0 atom stereocenters. The quantitative estimate of drug-likeness (QED) is 0.523. The van der Waals surface area contributed by atoms with Crippen LogP contribution < -0.4 is 11.1 Å². The average molecular weight is 423 g/mol. The van der Waals surface area contributed by atoms with Gasteiger partial charge in [0, 0.05) is 15.5 Å². The molecule has 0 saturated heterocycles. The van der Waals surface area contributed by atoms with Crippen LogP contribution >= 0.6 is 11.8 Å². The largest absolute Gasteiger partial charge is 0.465 e. The topological polar surface area (TPSA) is 106 Å². The SMILES string of the molecule is COC(=O)c1ccc(Sc2c(C)cc(Nc3n[nH]c(N)n3)cc2C(F)(F)F)cc1. The maximum atomic E-state index is 13.7. The van der Waals surface area contributed by atoms with Crippen LogP contribution in [0, 0.1) is 6.92 Å². The third-order valence-electron chi connectivity index (χ3n) is 3.83. The second-order valence-electron chi connectivity index (χ2n) is 5.95. The molecule has 0 saturated carbocycles. The number of nitrogens with one attached hydrogen (secondary N) is 2. The fourth-order valence-electron chi connectivity index (χ4n) is 2.55. The van der Waals surface area contributed by atoms with Gasteiger partial charge < -0.3 is 15.8 Å². The van der Waals surface area contributed by atoms with Gasteiger partial charge in [0.15, 0.2) is 0 Å². The predicted molar refractivity (Wildman–Crippen MR) is 102 cm³/mol. The minimum absolute atomic E-state index is 0.0443. The van der Waals surface area contributed by atoms with Gasteiger partial charge in [0.2, 0.25) is 11.9 Å². The highest BCUT2D eigenvalue weighted by Crippen LogP contribution is 2.43.